The van der Waals surface area contributed by atoms with Crippen molar-refractivity contribution in [3.8, 4) is 33.9 Å². The van der Waals surface area contributed by atoms with Crippen LogP contribution in [0.25, 0.3) is 55.8 Å². The second-order valence-corrected chi connectivity index (χ2v) is 10.1. The Kier molecular flexibility index (Phi) is 6.21. The number of para-hydroxylation sites is 1. The number of rotatable bonds is 6. The third-order valence-electron chi connectivity index (χ3n) is 7.43. The molecule has 5 aromatic heterocycles. The predicted octanol–water partition coefficient (Wildman–Crippen LogP) is 4.95. The predicted molar refractivity (Wildman–Crippen MR) is 154 cm³/mol. The van der Waals surface area contributed by atoms with Gasteiger partial charge in [-0.3, -0.25) is 24.8 Å². The molecular formula is C30H27N9O. The summed E-state index contributed by atoms with van der Waals surface area (Å²) in [4.78, 5) is 34.1. The van der Waals surface area contributed by atoms with E-state index in [1.807, 2.05) is 36.4 Å². The number of aromatic amines is 2. The normalized spacial score (nSPS) is 14.1. The summed E-state index contributed by atoms with van der Waals surface area (Å²) in [5.41, 5.74) is 7.55. The zero-order chi connectivity index (χ0) is 26.9. The van der Waals surface area contributed by atoms with Crippen molar-refractivity contribution in [1.82, 2.24) is 40.4 Å². The first-order valence-corrected chi connectivity index (χ1v) is 13.4. The number of carbonyl (C=O) groups is 1. The van der Waals surface area contributed by atoms with Crippen LogP contribution < -0.4 is 10.6 Å². The molecule has 0 aliphatic carbocycles. The number of carbonyl (C=O) groups excluding carboxylic acids is 1. The molecule has 0 unspecified atom stereocenters. The number of anilines is 1. The maximum atomic E-state index is 12.7. The molecule has 1 aromatic carbocycles. The molecule has 1 amide bonds. The summed E-state index contributed by atoms with van der Waals surface area (Å²) in [5, 5.41) is 14.9. The largest absolute Gasteiger partial charge is 0.337 e. The summed E-state index contributed by atoms with van der Waals surface area (Å²) in [5.74, 6) is 1.10. The standard InChI is InChI=1S/C30H27N9O/c40-27(12-18-4-8-31-9-5-18)35-21-13-20(15-33-16-21)25-14-23-26(17-34-25)38-39-29(23)30-36-24-3-1-2-22(28(24)37-30)19-6-10-32-11-7-19/h1-3,6-7,10-11,13-18,31H,4-5,8-9,12H2,(H,35,40)(H,36,37)(H,38,39). The highest BCUT2D eigenvalue weighted by molar-refractivity contribution is 5.98. The zero-order valence-corrected chi connectivity index (χ0v) is 21.7. The highest BCUT2D eigenvalue weighted by Gasteiger charge is 2.18. The molecule has 1 saturated heterocycles. The van der Waals surface area contributed by atoms with E-state index in [4.69, 9.17) is 4.98 Å². The van der Waals surface area contributed by atoms with Crippen LogP contribution in [0.3, 0.4) is 0 Å². The maximum Gasteiger partial charge on any atom is 0.224 e. The summed E-state index contributed by atoms with van der Waals surface area (Å²) in [6, 6.07) is 13.9. The molecule has 1 fully saturated rings. The molecule has 0 spiro atoms. The second kappa shape index (κ2) is 10.3. The number of imidazole rings is 1. The van der Waals surface area contributed by atoms with Crippen molar-refractivity contribution in [2.75, 3.05) is 18.4 Å². The highest BCUT2D eigenvalue weighted by atomic mass is 16.1. The van der Waals surface area contributed by atoms with E-state index in [1.54, 1.807) is 31.0 Å². The van der Waals surface area contributed by atoms with Crippen molar-refractivity contribution in [1.29, 1.82) is 0 Å². The minimum absolute atomic E-state index is 0.0161. The second-order valence-electron chi connectivity index (χ2n) is 10.1. The van der Waals surface area contributed by atoms with Crippen LogP contribution in [0.1, 0.15) is 19.3 Å². The Bertz CT molecular complexity index is 1820. The molecule has 4 N–H and O–H groups in total. The fourth-order valence-electron chi connectivity index (χ4n) is 5.37. The smallest absolute Gasteiger partial charge is 0.224 e. The van der Waals surface area contributed by atoms with Crippen molar-refractivity contribution >= 4 is 33.5 Å². The Morgan fingerprint density at radius 3 is 2.70 bits per heavy atom. The van der Waals surface area contributed by atoms with Gasteiger partial charge in [-0.05, 0) is 67.7 Å². The molecule has 0 radical (unpaired) electrons. The lowest BCUT2D eigenvalue weighted by atomic mass is 9.94. The number of H-pyrrole nitrogens is 2. The summed E-state index contributed by atoms with van der Waals surface area (Å²) < 4.78 is 0. The van der Waals surface area contributed by atoms with E-state index in [2.05, 4.69) is 46.8 Å². The van der Waals surface area contributed by atoms with Gasteiger partial charge in [-0.1, -0.05) is 12.1 Å². The van der Waals surface area contributed by atoms with Gasteiger partial charge in [0.05, 0.1) is 40.3 Å². The molecule has 6 heterocycles. The van der Waals surface area contributed by atoms with Crippen molar-refractivity contribution in [3.63, 3.8) is 0 Å². The molecule has 0 atom stereocenters. The van der Waals surface area contributed by atoms with Gasteiger partial charge in [-0.15, -0.1) is 0 Å². The molecule has 1 aliphatic rings. The van der Waals surface area contributed by atoms with Crippen LogP contribution in [0, 0.1) is 5.92 Å². The van der Waals surface area contributed by atoms with Crippen molar-refractivity contribution in [2.45, 2.75) is 19.3 Å². The van der Waals surface area contributed by atoms with E-state index in [-0.39, 0.29) is 5.91 Å². The van der Waals surface area contributed by atoms with Crippen LogP contribution >= 0.6 is 0 Å². The van der Waals surface area contributed by atoms with Gasteiger partial charge >= 0.3 is 0 Å². The van der Waals surface area contributed by atoms with Gasteiger partial charge in [0.15, 0.2) is 5.82 Å². The Labute approximate surface area is 229 Å². The topological polar surface area (TPSA) is 137 Å². The van der Waals surface area contributed by atoms with Crippen LogP contribution in [0.5, 0.6) is 0 Å². The van der Waals surface area contributed by atoms with E-state index in [9.17, 15) is 4.79 Å². The Hall–Kier alpha value is -4.96. The van der Waals surface area contributed by atoms with Crippen LogP contribution in [-0.2, 0) is 4.79 Å². The monoisotopic (exact) mass is 529 g/mol. The van der Waals surface area contributed by atoms with E-state index in [0.29, 0.717) is 29.5 Å². The number of hydrogen-bond acceptors (Lipinski definition) is 7. The van der Waals surface area contributed by atoms with Crippen molar-refractivity contribution in [3.05, 3.63) is 73.4 Å². The maximum absolute atomic E-state index is 12.7. The van der Waals surface area contributed by atoms with E-state index in [1.165, 1.54) is 0 Å². The first-order valence-electron chi connectivity index (χ1n) is 13.4. The lowest BCUT2D eigenvalue weighted by molar-refractivity contribution is -0.117. The van der Waals surface area contributed by atoms with Crippen LogP contribution in [0.15, 0.2) is 73.4 Å². The number of nitrogens with zero attached hydrogens (tertiary/aromatic N) is 5. The summed E-state index contributed by atoms with van der Waals surface area (Å²) >= 11 is 0. The van der Waals surface area contributed by atoms with E-state index < -0.39 is 0 Å². The fraction of sp³-hybridized carbons (Fsp3) is 0.200. The molecule has 0 saturated carbocycles. The molecule has 40 heavy (non-hydrogen) atoms. The number of nitrogens with one attached hydrogen (secondary N) is 4. The van der Waals surface area contributed by atoms with Gasteiger partial charge in [0.25, 0.3) is 0 Å². The SMILES string of the molecule is O=C(CC1CCNCC1)Nc1cncc(-c2cc3c(-c4nc5c(-c6ccncc6)cccc5[nH]4)n[nH]c3cn2)c1. The molecule has 1 aliphatic heterocycles. The van der Waals surface area contributed by atoms with Crippen LogP contribution in [-0.4, -0.2) is 54.1 Å². The Morgan fingerprint density at radius 1 is 0.950 bits per heavy atom. The lowest BCUT2D eigenvalue weighted by Crippen LogP contribution is -2.30. The first-order chi connectivity index (χ1) is 19.7. The van der Waals surface area contributed by atoms with Gasteiger partial charge in [0.1, 0.15) is 5.69 Å². The van der Waals surface area contributed by atoms with Crippen LogP contribution in [0.2, 0.25) is 0 Å². The van der Waals surface area contributed by atoms with Gasteiger partial charge < -0.3 is 15.6 Å². The average Bonchev–Trinajstić information content (AvgIpc) is 3.62. The number of benzene rings is 1. The van der Waals surface area contributed by atoms with E-state index in [0.717, 1.165) is 70.3 Å². The Balaban J connectivity index is 1.19. The molecule has 198 valence electrons. The molecular weight excluding hydrogens is 502 g/mol. The summed E-state index contributed by atoms with van der Waals surface area (Å²) in [6.07, 6.45) is 11.3. The number of piperidine rings is 1. The van der Waals surface area contributed by atoms with Crippen molar-refractivity contribution in [2.24, 2.45) is 5.92 Å². The quantitative estimate of drug-likeness (QED) is 0.239. The molecule has 6 aromatic rings. The highest BCUT2D eigenvalue weighted by Crippen LogP contribution is 2.32. The summed E-state index contributed by atoms with van der Waals surface area (Å²) in [6.45, 7) is 1.94. The van der Waals surface area contributed by atoms with Gasteiger partial charge in [-0.2, -0.15) is 5.10 Å². The van der Waals surface area contributed by atoms with Crippen LogP contribution in [0.4, 0.5) is 5.69 Å². The minimum Gasteiger partial charge on any atom is -0.337 e. The number of aromatic nitrogens is 7. The van der Waals surface area contributed by atoms with Gasteiger partial charge in [0.2, 0.25) is 5.91 Å². The number of hydrogen-bond donors (Lipinski definition) is 4. The third-order valence-corrected chi connectivity index (χ3v) is 7.43. The average molecular weight is 530 g/mol. The third kappa shape index (κ3) is 4.69. The first kappa shape index (κ1) is 24.1. The molecule has 0 bridgehead atoms. The summed E-state index contributed by atoms with van der Waals surface area (Å²) in [7, 11) is 0. The fourth-order valence-corrected chi connectivity index (χ4v) is 5.37. The Morgan fingerprint density at radius 2 is 1.82 bits per heavy atom. The van der Waals surface area contributed by atoms with Gasteiger partial charge in [-0.25, -0.2) is 4.98 Å². The number of fused-ring (bicyclic) bond motifs is 2. The van der Waals surface area contributed by atoms with Crippen molar-refractivity contribution < 1.29 is 4.79 Å². The number of amides is 1. The van der Waals surface area contributed by atoms with E-state index >= 15 is 0 Å². The zero-order valence-electron chi connectivity index (χ0n) is 21.7. The molecule has 10 nitrogen and oxygen atoms in total. The number of pyridine rings is 3. The molecule has 7 rings (SSSR count). The molecule has 10 heteroatoms. The van der Waals surface area contributed by atoms with Gasteiger partial charge in [0, 0.05) is 41.5 Å². The lowest BCUT2D eigenvalue weighted by Gasteiger charge is -2.21. The minimum atomic E-state index is 0.0161.